The van der Waals surface area contributed by atoms with Crippen LogP contribution in [0.3, 0.4) is 0 Å². The third-order valence-electron chi connectivity index (χ3n) is 2.62. The fourth-order valence-electron chi connectivity index (χ4n) is 1.78. The standard InChI is InChI=1S/C13H15NS/c1-10-4-2-3-5-12(10)13(14)8-11-6-7-15-9-11/h2-7,9,13H,8,14H2,1H3. The van der Waals surface area contributed by atoms with Gasteiger partial charge in [0.25, 0.3) is 0 Å². The Hall–Kier alpha value is -1.12. The lowest BCUT2D eigenvalue weighted by Crippen LogP contribution is -2.14. The zero-order chi connectivity index (χ0) is 10.7. The second-order valence-electron chi connectivity index (χ2n) is 3.80. The van der Waals surface area contributed by atoms with Crippen LogP contribution in [-0.4, -0.2) is 0 Å². The molecule has 0 bridgehead atoms. The van der Waals surface area contributed by atoms with Crippen LogP contribution in [-0.2, 0) is 6.42 Å². The first-order chi connectivity index (χ1) is 7.27. The number of hydrogen-bond donors (Lipinski definition) is 1. The van der Waals surface area contributed by atoms with E-state index in [0.717, 1.165) is 6.42 Å². The lowest BCUT2D eigenvalue weighted by atomic mass is 9.97. The molecule has 0 amide bonds. The van der Waals surface area contributed by atoms with Gasteiger partial charge in [0.1, 0.15) is 0 Å². The SMILES string of the molecule is Cc1ccccc1C(N)Cc1ccsc1. The summed E-state index contributed by atoms with van der Waals surface area (Å²) >= 11 is 1.73. The van der Waals surface area contributed by atoms with Crippen molar-refractivity contribution in [1.29, 1.82) is 0 Å². The van der Waals surface area contributed by atoms with E-state index in [0.29, 0.717) is 0 Å². The highest BCUT2D eigenvalue weighted by Crippen LogP contribution is 2.20. The predicted molar refractivity (Wildman–Crippen MR) is 66.1 cm³/mol. The summed E-state index contributed by atoms with van der Waals surface area (Å²) in [5.74, 6) is 0. The fourth-order valence-corrected chi connectivity index (χ4v) is 2.46. The van der Waals surface area contributed by atoms with Crippen molar-refractivity contribution >= 4 is 11.3 Å². The van der Waals surface area contributed by atoms with E-state index in [4.69, 9.17) is 5.73 Å². The van der Waals surface area contributed by atoms with Crippen LogP contribution >= 0.6 is 11.3 Å². The van der Waals surface area contributed by atoms with E-state index in [9.17, 15) is 0 Å². The summed E-state index contributed by atoms with van der Waals surface area (Å²) in [5, 5.41) is 4.26. The molecule has 1 heterocycles. The van der Waals surface area contributed by atoms with Crippen LogP contribution in [0.5, 0.6) is 0 Å². The summed E-state index contributed by atoms with van der Waals surface area (Å²) in [6.45, 7) is 2.11. The molecule has 0 spiro atoms. The second-order valence-corrected chi connectivity index (χ2v) is 4.58. The Balaban J connectivity index is 2.15. The fraction of sp³-hybridized carbons (Fsp3) is 0.231. The highest BCUT2D eigenvalue weighted by molar-refractivity contribution is 7.07. The summed E-state index contributed by atoms with van der Waals surface area (Å²) in [5.41, 5.74) is 10.1. The summed E-state index contributed by atoms with van der Waals surface area (Å²) in [4.78, 5) is 0. The molecule has 0 saturated heterocycles. The molecule has 0 aliphatic carbocycles. The van der Waals surface area contributed by atoms with Crippen LogP contribution in [0, 0.1) is 6.92 Å². The first-order valence-corrected chi connectivity index (χ1v) is 6.04. The van der Waals surface area contributed by atoms with Crippen molar-refractivity contribution in [2.24, 2.45) is 5.73 Å². The molecular weight excluding hydrogens is 202 g/mol. The average molecular weight is 217 g/mol. The molecular formula is C13H15NS. The van der Waals surface area contributed by atoms with Crippen LogP contribution in [0.4, 0.5) is 0 Å². The Labute approximate surface area is 94.6 Å². The molecule has 2 aromatic rings. The van der Waals surface area contributed by atoms with Gasteiger partial charge in [-0.25, -0.2) is 0 Å². The lowest BCUT2D eigenvalue weighted by molar-refractivity contribution is 0.718. The molecule has 0 fully saturated rings. The van der Waals surface area contributed by atoms with Crippen molar-refractivity contribution in [1.82, 2.24) is 0 Å². The molecule has 0 radical (unpaired) electrons. The molecule has 0 aliphatic rings. The van der Waals surface area contributed by atoms with Gasteiger partial charge in [0.05, 0.1) is 0 Å². The zero-order valence-corrected chi connectivity index (χ0v) is 9.63. The Morgan fingerprint density at radius 2 is 2.07 bits per heavy atom. The normalized spacial score (nSPS) is 12.7. The van der Waals surface area contributed by atoms with Gasteiger partial charge in [-0.3, -0.25) is 0 Å². The highest BCUT2D eigenvalue weighted by Gasteiger charge is 2.09. The monoisotopic (exact) mass is 217 g/mol. The quantitative estimate of drug-likeness (QED) is 0.838. The largest absolute Gasteiger partial charge is 0.324 e. The summed E-state index contributed by atoms with van der Waals surface area (Å²) in [6.07, 6.45) is 0.925. The van der Waals surface area contributed by atoms with Crippen LogP contribution in [0.25, 0.3) is 0 Å². The van der Waals surface area contributed by atoms with Crippen LogP contribution in [0.2, 0.25) is 0 Å². The number of hydrogen-bond acceptors (Lipinski definition) is 2. The van der Waals surface area contributed by atoms with Gasteiger partial charge in [0.2, 0.25) is 0 Å². The smallest absolute Gasteiger partial charge is 0.0338 e. The molecule has 15 heavy (non-hydrogen) atoms. The minimum absolute atomic E-state index is 0.112. The summed E-state index contributed by atoms with van der Waals surface area (Å²) in [6, 6.07) is 10.6. The summed E-state index contributed by atoms with van der Waals surface area (Å²) in [7, 11) is 0. The molecule has 1 unspecified atom stereocenters. The van der Waals surface area contributed by atoms with Gasteiger partial charge in [-0.15, -0.1) is 0 Å². The maximum Gasteiger partial charge on any atom is 0.0338 e. The molecule has 0 aliphatic heterocycles. The van der Waals surface area contributed by atoms with Gasteiger partial charge in [0, 0.05) is 6.04 Å². The molecule has 1 aromatic carbocycles. The topological polar surface area (TPSA) is 26.0 Å². The van der Waals surface area contributed by atoms with Crippen molar-refractivity contribution in [2.45, 2.75) is 19.4 Å². The second kappa shape index (κ2) is 4.60. The van der Waals surface area contributed by atoms with Gasteiger partial charge < -0.3 is 5.73 Å². The van der Waals surface area contributed by atoms with Crippen LogP contribution < -0.4 is 5.73 Å². The number of nitrogens with two attached hydrogens (primary N) is 1. The third kappa shape index (κ3) is 2.46. The minimum Gasteiger partial charge on any atom is -0.324 e. The molecule has 2 rings (SSSR count). The van der Waals surface area contributed by atoms with Crippen LogP contribution in [0.15, 0.2) is 41.1 Å². The van der Waals surface area contributed by atoms with Crippen molar-refractivity contribution < 1.29 is 0 Å². The average Bonchev–Trinajstić information content (AvgIpc) is 2.71. The Morgan fingerprint density at radius 3 is 2.73 bits per heavy atom. The third-order valence-corrected chi connectivity index (χ3v) is 3.36. The molecule has 2 heteroatoms. The Bertz CT molecular complexity index is 420. The van der Waals surface area contributed by atoms with Gasteiger partial charge >= 0.3 is 0 Å². The Morgan fingerprint density at radius 1 is 1.27 bits per heavy atom. The van der Waals surface area contributed by atoms with Gasteiger partial charge in [0.15, 0.2) is 0 Å². The molecule has 2 N–H and O–H groups in total. The molecule has 1 aromatic heterocycles. The van der Waals surface area contributed by atoms with Crippen molar-refractivity contribution in [3.63, 3.8) is 0 Å². The van der Waals surface area contributed by atoms with Crippen molar-refractivity contribution in [2.75, 3.05) is 0 Å². The predicted octanol–water partition coefficient (Wildman–Crippen LogP) is 3.30. The van der Waals surface area contributed by atoms with Gasteiger partial charge in [-0.05, 0) is 46.9 Å². The van der Waals surface area contributed by atoms with Crippen LogP contribution in [0.1, 0.15) is 22.7 Å². The maximum atomic E-state index is 6.19. The molecule has 1 nitrogen and oxygen atoms in total. The molecule has 0 saturated carbocycles. The van der Waals surface area contributed by atoms with E-state index in [1.807, 2.05) is 0 Å². The lowest BCUT2D eigenvalue weighted by Gasteiger charge is -2.13. The first kappa shape index (κ1) is 10.4. The first-order valence-electron chi connectivity index (χ1n) is 5.09. The highest BCUT2D eigenvalue weighted by atomic mass is 32.1. The van der Waals surface area contributed by atoms with E-state index in [1.54, 1.807) is 11.3 Å². The van der Waals surface area contributed by atoms with E-state index >= 15 is 0 Å². The Kier molecular flexibility index (Phi) is 3.19. The van der Waals surface area contributed by atoms with Crippen molar-refractivity contribution in [3.05, 3.63) is 57.8 Å². The van der Waals surface area contributed by atoms with E-state index in [2.05, 4.69) is 48.0 Å². The number of aryl methyl sites for hydroxylation is 1. The number of thiophene rings is 1. The maximum absolute atomic E-state index is 6.19. The van der Waals surface area contributed by atoms with Gasteiger partial charge in [-0.1, -0.05) is 24.3 Å². The van der Waals surface area contributed by atoms with Crippen molar-refractivity contribution in [3.8, 4) is 0 Å². The van der Waals surface area contributed by atoms with Gasteiger partial charge in [-0.2, -0.15) is 11.3 Å². The van der Waals surface area contributed by atoms with E-state index < -0.39 is 0 Å². The molecule has 1 atom stereocenters. The zero-order valence-electron chi connectivity index (χ0n) is 8.81. The molecule has 78 valence electrons. The minimum atomic E-state index is 0.112. The number of rotatable bonds is 3. The summed E-state index contributed by atoms with van der Waals surface area (Å²) < 4.78 is 0. The van der Waals surface area contributed by atoms with E-state index in [1.165, 1.54) is 16.7 Å². The van der Waals surface area contributed by atoms with E-state index in [-0.39, 0.29) is 6.04 Å². The number of benzene rings is 1.